The summed E-state index contributed by atoms with van der Waals surface area (Å²) in [6.07, 6.45) is -0.738. The summed E-state index contributed by atoms with van der Waals surface area (Å²) in [5.41, 5.74) is 2.72. The van der Waals surface area contributed by atoms with Crippen molar-refractivity contribution in [3.05, 3.63) is 65.1 Å². The molecule has 2 aromatic carbocycles. The van der Waals surface area contributed by atoms with E-state index in [0.717, 1.165) is 32.6 Å². The van der Waals surface area contributed by atoms with Gasteiger partial charge < -0.3 is 19.4 Å². The van der Waals surface area contributed by atoms with Crippen LogP contribution in [-0.4, -0.2) is 66.8 Å². The average molecular weight is 514 g/mol. The van der Waals surface area contributed by atoms with Crippen molar-refractivity contribution in [1.82, 2.24) is 14.9 Å². The largest absolute Gasteiger partial charge is 0.467 e. The molecule has 7 nitrogen and oxygen atoms in total. The van der Waals surface area contributed by atoms with Crippen LogP contribution >= 0.6 is 11.6 Å². The van der Waals surface area contributed by atoms with E-state index in [1.54, 1.807) is 4.90 Å². The third-order valence-electron chi connectivity index (χ3n) is 6.67. The van der Waals surface area contributed by atoms with Crippen molar-refractivity contribution in [3.8, 4) is 6.01 Å². The molecule has 1 unspecified atom stereocenters. The fraction of sp³-hybridized carbons (Fsp3) is 0.346. The molecule has 0 N–H and O–H groups in total. The van der Waals surface area contributed by atoms with Gasteiger partial charge in [-0.25, -0.2) is 8.78 Å². The number of methoxy groups -OCH3 is 1. The number of fused-ring (bicyclic) bond motifs is 2. The van der Waals surface area contributed by atoms with Crippen LogP contribution in [0.25, 0.3) is 10.8 Å². The molecular formula is C26H26ClF2N5O2. The first-order valence-corrected chi connectivity index (χ1v) is 12.1. The number of ether oxygens (including phenoxy) is 1. The molecule has 2 aliphatic heterocycles. The number of hydrogen-bond acceptors (Lipinski definition) is 6. The third-order valence-corrected chi connectivity index (χ3v) is 6.99. The Bertz CT molecular complexity index is 1330. The number of aromatic nitrogens is 2. The number of rotatable bonds is 4. The predicted octanol–water partition coefficient (Wildman–Crippen LogP) is 4.32. The molecule has 1 amide bonds. The lowest BCUT2D eigenvalue weighted by molar-refractivity contribution is -0.129. The molecule has 1 atom stereocenters. The summed E-state index contributed by atoms with van der Waals surface area (Å²) in [6, 6.07) is 12.1. The highest BCUT2D eigenvalue weighted by Gasteiger charge is 2.31. The van der Waals surface area contributed by atoms with Crippen molar-refractivity contribution in [1.29, 1.82) is 0 Å². The van der Waals surface area contributed by atoms with Gasteiger partial charge in [0.25, 0.3) is 5.91 Å². The number of benzene rings is 2. The Kier molecular flexibility index (Phi) is 6.66. The molecule has 36 heavy (non-hydrogen) atoms. The van der Waals surface area contributed by atoms with Crippen molar-refractivity contribution in [2.24, 2.45) is 0 Å². The first-order chi connectivity index (χ1) is 17.4. The highest BCUT2D eigenvalue weighted by molar-refractivity contribution is 6.36. The van der Waals surface area contributed by atoms with Gasteiger partial charge >= 0.3 is 6.01 Å². The lowest BCUT2D eigenvalue weighted by Crippen LogP contribution is -2.37. The number of nitrogens with zero attached hydrogens (tertiary/aromatic N) is 5. The summed E-state index contributed by atoms with van der Waals surface area (Å²) < 4.78 is 33.6. The molecule has 1 fully saturated rings. The molecule has 1 aromatic heterocycles. The molecular weight excluding hydrogens is 488 g/mol. The second kappa shape index (κ2) is 9.89. The topological polar surface area (TPSA) is 61.8 Å². The van der Waals surface area contributed by atoms with E-state index in [2.05, 4.69) is 21.4 Å². The smallest absolute Gasteiger partial charge is 0.318 e. The van der Waals surface area contributed by atoms with Gasteiger partial charge in [-0.2, -0.15) is 9.97 Å². The van der Waals surface area contributed by atoms with Gasteiger partial charge in [-0.1, -0.05) is 42.4 Å². The Morgan fingerprint density at radius 2 is 1.89 bits per heavy atom. The van der Waals surface area contributed by atoms with Crippen molar-refractivity contribution in [2.75, 3.05) is 49.6 Å². The fourth-order valence-corrected chi connectivity index (χ4v) is 5.27. The second-order valence-corrected chi connectivity index (χ2v) is 9.35. The highest BCUT2D eigenvalue weighted by Crippen LogP contribution is 2.37. The van der Waals surface area contributed by atoms with Crippen LogP contribution in [0.2, 0.25) is 5.02 Å². The van der Waals surface area contributed by atoms with E-state index in [4.69, 9.17) is 16.3 Å². The SMILES string of the molecule is C=C(F)C(=O)N1CCN(c2nc(OC)nc3c2CCN(c2cccc4cccc(Cl)c24)C3)CC(F)C1. The van der Waals surface area contributed by atoms with Crippen LogP contribution in [0.1, 0.15) is 11.3 Å². The van der Waals surface area contributed by atoms with Gasteiger partial charge in [0.1, 0.15) is 12.0 Å². The molecule has 188 valence electrons. The van der Waals surface area contributed by atoms with Crippen molar-refractivity contribution < 1.29 is 18.3 Å². The lowest BCUT2D eigenvalue weighted by atomic mass is 10.0. The van der Waals surface area contributed by atoms with Crippen molar-refractivity contribution in [2.45, 2.75) is 19.1 Å². The summed E-state index contributed by atoms with van der Waals surface area (Å²) in [4.78, 5) is 26.4. The minimum Gasteiger partial charge on any atom is -0.467 e. The summed E-state index contributed by atoms with van der Waals surface area (Å²) >= 11 is 6.57. The zero-order chi connectivity index (χ0) is 25.4. The monoisotopic (exact) mass is 513 g/mol. The van der Waals surface area contributed by atoms with Crippen LogP contribution < -0.4 is 14.5 Å². The molecule has 3 aromatic rings. The number of carbonyl (C=O) groups excluding carboxylic acids is 1. The van der Waals surface area contributed by atoms with Gasteiger partial charge in [-0.3, -0.25) is 4.79 Å². The number of amides is 1. The third kappa shape index (κ3) is 4.55. The number of halogens is 3. The standard InChI is InChI=1S/C26H26ClF2N5O2/c1-16(28)25(35)34-12-11-33(13-18(29)14-34)24-19-9-10-32(15-21(19)30-26(31-24)36-2)22-8-4-6-17-5-3-7-20(27)23(17)22/h3-8,18H,1,9-15H2,2H3. The number of alkyl halides is 1. The Balaban J connectivity index is 1.48. The summed E-state index contributed by atoms with van der Waals surface area (Å²) in [7, 11) is 1.49. The molecule has 5 rings (SSSR count). The lowest BCUT2D eigenvalue weighted by Gasteiger charge is -2.34. The molecule has 0 aliphatic carbocycles. The van der Waals surface area contributed by atoms with Gasteiger partial charge in [-0.15, -0.1) is 0 Å². The predicted molar refractivity (Wildman–Crippen MR) is 136 cm³/mol. The van der Waals surface area contributed by atoms with Gasteiger partial charge in [-0.05, 0) is 23.9 Å². The quantitative estimate of drug-likeness (QED) is 0.484. The zero-order valence-electron chi connectivity index (χ0n) is 19.9. The fourth-order valence-electron chi connectivity index (χ4n) is 5.00. The van der Waals surface area contributed by atoms with Crippen molar-refractivity contribution >= 4 is 39.8 Å². The van der Waals surface area contributed by atoms with Gasteiger partial charge in [0.2, 0.25) is 0 Å². The first kappa shape index (κ1) is 24.2. The molecule has 3 heterocycles. The van der Waals surface area contributed by atoms with Gasteiger partial charge in [0, 0.05) is 36.3 Å². The van der Waals surface area contributed by atoms with Crippen LogP contribution in [0, 0.1) is 0 Å². The number of anilines is 2. The van der Waals surface area contributed by atoms with E-state index in [1.165, 1.54) is 7.11 Å². The maximum atomic E-state index is 14.9. The van der Waals surface area contributed by atoms with Gasteiger partial charge in [0.05, 0.1) is 37.5 Å². The Hall–Kier alpha value is -3.46. The van der Waals surface area contributed by atoms with E-state index >= 15 is 0 Å². The van der Waals surface area contributed by atoms with E-state index in [9.17, 15) is 13.6 Å². The second-order valence-electron chi connectivity index (χ2n) is 8.95. The van der Waals surface area contributed by atoms with E-state index < -0.39 is 17.9 Å². The Labute approximate surface area is 212 Å². The van der Waals surface area contributed by atoms with Crippen molar-refractivity contribution in [3.63, 3.8) is 0 Å². The minimum absolute atomic E-state index is 0.0256. The van der Waals surface area contributed by atoms with E-state index in [-0.39, 0.29) is 25.6 Å². The summed E-state index contributed by atoms with van der Waals surface area (Å²) in [5, 5.41) is 2.72. The van der Waals surface area contributed by atoms with Crippen LogP contribution in [0.3, 0.4) is 0 Å². The zero-order valence-corrected chi connectivity index (χ0v) is 20.6. The van der Waals surface area contributed by atoms with Crippen LogP contribution in [0.5, 0.6) is 6.01 Å². The Morgan fingerprint density at radius 3 is 2.64 bits per heavy atom. The summed E-state index contributed by atoms with van der Waals surface area (Å²) in [5.74, 6) is -1.39. The van der Waals surface area contributed by atoms with Crippen LogP contribution in [0.15, 0.2) is 48.8 Å². The number of carbonyl (C=O) groups is 1. The highest BCUT2D eigenvalue weighted by atomic mass is 35.5. The molecule has 1 saturated heterocycles. The minimum atomic E-state index is -1.37. The Morgan fingerprint density at radius 1 is 1.11 bits per heavy atom. The molecule has 2 aliphatic rings. The van der Waals surface area contributed by atoms with Crippen LogP contribution in [-0.2, 0) is 17.8 Å². The first-order valence-electron chi connectivity index (χ1n) is 11.7. The maximum Gasteiger partial charge on any atom is 0.318 e. The molecule has 10 heteroatoms. The normalized spacial score (nSPS) is 18.1. The van der Waals surface area contributed by atoms with E-state index in [1.807, 2.05) is 36.4 Å². The molecule has 0 spiro atoms. The van der Waals surface area contributed by atoms with Gasteiger partial charge in [0.15, 0.2) is 5.83 Å². The van der Waals surface area contributed by atoms with E-state index in [0.29, 0.717) is 36.9 Å². The average Bonchev–Trinajstić information content (AvgIpc) is 3.08. The number of hydrogen-bond donors (Lipinski definition) is 0. The maximum absolute atomic E-state index is 14.9. The molecule has 0 saturated carbocycles. The molecule has 0 radical (unpaired) electrons. The summed E-state index contributed by atoms with van der Waals surface area (Å²) in [6.45, 7) is 4.54. The van der Waals surface area contributed by atoms with Crippen LogP contribution in [0.4, 0.5) is 20.3 Å². The molecule has 0 bridgehead atoms.